The lowest BCUT2D eigenvalue weighted by Crippen LogP contribution is -2.45. The Bertz CT molecular complexity index is 826. The predicted molar refractivity (Wildman–Crippen MR) is 113 cm³/mol. The molecule has 1 saturated carbocycles. The topological polar surface area (TPSA) is 89.4 Å². The molecular formula is C21H26FN3O4S. The van der Waals surface area contributed by atoms with E-state index < -0.39 is 17.7 Å². The lowest BCUT2D eigenvalue weighted by molar-refractivity contribution is -0.120. The second kappa shape index (κ2) is 9.43. The van der Waals surface area contributed by atoms with Crippen molar-refractivity contribution in [3.63, 3.8) is 0 Å². The van der Waals surface area contributed by atoms with Gasteiger partial charge in [-0.3, -0.25) is 9.59 Å². The summed E-state index contributed by atoms with van der Waals surface area (Å²) in [6.45, 7) is 3.47. The number of allylic oxidation sites excluding steroid dienone is 2. The summed E-state index contributed by atoms with van der Waals surface area (Å²) in [5.74, 6) is -0.483. The Morgan fingerprint density at radius 3 is 2.80 bits per heavy atom. The molecule has 0 aromatic carbocycles. The van der Waals surface area contributed by atoms with Crippen molar-refractivity contribution in [2.75, 3.05) is 25.6 Å². The summed E-state index contributed by atoms with van der Waals surface area (Å²) >= 11 is 1.66. The molecule has 1 unspecified atom stereocenters. The van der Waals surface area contributed by atoms with Crippen LogP contribution in [0.25, 0.3) is 0 Å². The second-order valence-corrected chi connectivity index (χ2v) is 9.37. The quantitative estimate of drug-likeness (QED) is 0.664. The van der Waals surface area contributed by atoms with Crippen molar-refractivity contribution < 1.29 is 23.5 Å². The molecule has 9 heteroatoms. The minimum atomic E-state index is -1.05. The number of carbonyl (C=O) groups is 2. The fourth-order valence-corrected chi connectivity index (χ4v) is 5.16. The Morgan fingerprint density at radius 2 is 2.07 bits per heavy atom. The van der Waals surface area contributed by atoms with Gasteiger partial charge in [0.05, 0.1) is 18.1 Å². The van der Waals surface area contributed by atoms with E-state index in [1.165, 1.54) is 13.0 Å². The highest BCUT2D eigenvalue weighted by Crippen LogP contribution is 2.33. The van der Waals surface area contributed by atoms with E-state index in [0.717, 1.165) is 38.9 Å². The van der Waals surface area contributed by atoms with Gasteiger partial charge in [0.2, 0.25) is 5.91 Å². The Balaban J connectivity index is 1.33. The van der Waals surface area contributed by atoms with Gasteiger partial charge in [0.25, 0.3) is 5.91 Å². The first kappa shape index (κ1) is 21.2. The van der Waals surface area contributed by atoms with Gasteiger partial charge in [-0.2, -0.15) is 16.8 Å². The fraction of sp³-hybridized carbons (Fsp3) is 0.619. The summed E-state index contributed by atoms with van der Waals surface area (Å²) in [5, 5.41) is 3.29. The van der Waals surface area contributed by atoms with Gasteiger partial charge in [-0.15, -0.1) is 0 Å². The number of hydrogen-bond acceptors (Lipinski definition) is 6. The zero-order valence-electron chi connectivity index (χ0n) is 16.9. The Kier molecular flexibility index (Phi) is 6.67. The lowest BCUT2D eigenvalue weighted by atomic mass is 9.92. The SMILES string of the molecule is CC(=O)NC1CC(SCC2=NC(=O)C3C(F)=CC(OCC4CCOCC4)=CC3=N2)C1. The summed E-state index contributed by atoms with van der Waals surface area (Å²) in [4.78, 5) is 31.9. The van der Waals surface area contributed by atoms with Crippen LogP contribution in [0.1, 0.15) is 32.6 Å². The van der Waals surface area contributed by atoms with Crippen LogP contribution >= 0.6 is 11.8 Å². The average molecular weight is 436 g/mol. The number of fused-ring (bicyclic) bond motifs is 1. The van der Waals surface area contributed by atoms with E-state index >= 15 is 0 Å². The molecule has 2 amide bonds. The van der Waals surface area contributed by atoms with Gasteiger partial charge in [-0.05, 0) is 31.6 Å². The number of nitrogens with zero attached hydrogens (tertiary/aromatic N) is 2. The second-order valence-electron chi connectivity index (χ2n) is 8.08. The Labute approximate surface area is 179 Å². The minimum Gasteiger partial charge on any atom is -0.493 e. The van der Waals surface area contributed by atoms with E-state index in [9.17, 15) is 14.0 Å². The van der Waals surface area contributed by atoms with Crippen LogP contribution in [0, 0.1) is 11.8 Å². The van der Waals surface area contributed by atoms with Crippen molar-refractivity contribution in [1.82, 2.24) is 5.32 Å². The maximum atomic E-state index is 14.5. The number of thioether (sulfide) groups is 1. The molecule has 162 valence electrons. The molecule has 1 atom stereocenters. The number of amides is 2. The van der Waals surface area contributed by atoms with Crippen LogP contribution < -0.4 is 5.32 Å². The molecule has 1 N–H and O–H groups in total. The molecule has 4 aliphatic rings. The summed E-state index contributed by atoms with van der Waals surface area (Å²) in [6, 6.07) is 0.224. The van der Waals surface area contributed by atoms with Gasteiger partial charge in [-0.25, -0.2) is 9.38 Å². The molecule has 2 aliphatic carbocycles. The molecule has 0 aromatic heterocycles. The predicted octanol–water partition coefficient (Wildman–Crippen LogP) is 2.58. The normalized spacial score (nSPS) is 29.0. The van der Waals surface area contributed by atoms with Gasteiger partial charge in [-0.1, -0.05) is 0 Å². The highest BCUT2D eigenvalue weighted by Gasteiger charge is 2.36. The summed E-state index contributed by atoms with van der Waals surface area (Å²) in [7, 11) is 0. The molecule has 30 heavy (non-hydrogen) atoms. The van der Waals surface area contributed by atoms with E-state index in [0.29, 0.717) is 40.8 Å². The zero-order valence-corrected chi connectivity index (χ0v) is 17.8. The standard InChI is InChI=1S/C21H26FN3O4S/c1-12(26)23-14-6-16(7-14)30-11-19-24-18-9-15(8-17(22)20(18)21(27)25-19)29-10-13-2-4-28-5-3-13/h8-9,13-14,16,20H,2-7,10-11H2,1H3,(H,23,26). The van der Waals surface area contributed by atoms with Crippen LogP contribution in [-0.2, 0) is 19.1 Å². The number of carbonyl (C=O) groups excluding carboxylic acids is 2. The summed E-state index contributed by atoms with van der Waals surface area (Å²) < 4.78 is 25.7. The summed E-state index contributed by atoms with van der Waals surface area (Å²) in [5.41, 5.74) is 0.359. The van der Waals surface area contributed by atoms with Gasteiger partial charge in [0.1, 0.15) is 23.3 Å². The van der Waals surface area contributed by atoms with Gasteiger partial charge in [0.15, 0.2) is 0 Å². The van der Waals surface area contributed by atoms with E-state index in [-0.39, 0.29) is 11.9 Å². The molecule has 0 radical (unpaired) electrons. The van der Waals surface area contributed by atoms with Crippen LogP contribution in [-0.4, -0.2) is 60.2 Å². The number of hydrogen-bond donors (Lipinski definition) is 1. The molecule has 2 fully saturated rings. The van der Waals surface area contributed by atoms with Crippen LogP contribution in [0.4, 0.5) is 4.39 Å². The molecule has 1 saturated heterocycles. The maximum Gasteiger partial charge on any atom is 0.263 e. The van der Waals surface area contributed by atoms with Crippen molar-refractivity contribution in [2.24, 2.45) is 21.8 Å². The minimum absolute atomic E-state index is 0.0165. The number of ether oxygens (including phenoxy) is 2. The number of halogens is 1. The largest absolute Gasteiger partial charge is 0.493 e. The van der Waals surface area contributed by atoms with E-state index in [1.807, 2.05) is 0 Å². The number of amidine groups is 1. The van der Waals surface area contributed by atoms with Crippen LogP contribution in [0.3, 0.4) is 0 Å². The van der Waals surface area contributed by atoms with E-state index in [2.05, 4.69) is 15.3 Å². The van der Waals surface area contributed by atoms with Gasteiger partial charge < -0.3 is 14.8 Å². The maximum absolute atomic E-state index is 14.5. The average Bonchev–Trinajstić information content (AvgIpc) is 2.68. The zero-order chi connectivity index (χ0) is 21.1. The molecule has 7 nitrogen and oxygen atoms in total. The number of nitrogens with one attached hydrogen (secondary N) is 1. The lowest BCUT2D eigenvalue weighted by Gasteiger charge is -2.35. The van der Waals surface area contributed by atoms with E-state index in [4.69, 9.17) is 9.47 Å². The van der Waals surface area contributed by atoms with Crippen LogP contribution in [0.15, 0.2) is 33.7 Å². The molecular weight excluding hydrogens is 409 g/mol. The molecule has 0 spiro atoms. The van der Waals surface area contributed by atoms with E-state index in [1.54, 1.807) is 17.8 Å². The Morgan fingerprint density at radius 1 is 1.30 bits per heavy atom. The number of rotatable bonds is 7. The fourth-order valence-electron chi connectivity index (χ4n) is 3.91. The molecule has 2 aliphatic heterocycles. The highest BCUT2D eigenvalue weighted by molar-refractivity contribution is 8.00. The molecule has 0 bridgehead atoms. The summed E-state index contributed by atoms with van der Waals surface area (Å²) in [6.07, 6.45) is 6.57. The molecule has 4 rings (SSSR count). The van der Waals surface area contributed by atoms with Gasteiger partial charge >= 0.3 is 0 Å². The Hall–Kier alpha value is -2.00. The van der Waals surface area contributed by atoms with Crippen molar-refractivity contribution in [2.45, 2.75) is 43.9 Å². The third kappa shape index (κ3) is 5.18. The monoisotopic (exact) mass is 435 g/mol. The third-order valence-corrected chi connectivity index (χ3v) is 6.94. The van der Waals surface area contributed by atoms with Crippen LogP contribution in [0.5, 0.6) is 0 Å². The van der Waals surface area contributed by atoms with Crippen molar-refractivity contribution in [3.8, 4) is 0 Å². The van der Waals surface area contributed by atoms with Crippen LogP contribution in [0.2, 0.25) is 0 Å². The molecule has 2 heterocycles. The smallest absolute Gasteiger partial charge is 0.263 e. The third-order valence-electron chi connectivity index (χ3n) is 5.66. The first-order valence-corrected chi connectivity index (χ1v) is 11.4. The van der Waals surface area contributed by atoms with Gasteiger partial charge in [0, 0.05) is 43.6 Å². The number of aliphatic imine (C=N–C) groups is 2. The first-order valence-electron chi connectivity index (χ1n) is 10.4. The van der Waals surface area contributed by atoms with Crippen molar-refractivity contribution in [1.29, 1.82) is 0 Å². The molecule has 0 aromatic rings. The highest BCUT2D eigenvalue weighted by atomic mass is 32.2. The van der Waals surface area contributed by atoms with Crippen molar-refractivity contribution >= 4 is 35.1 Å². The first-order chi connectivity index (χ1) is 14.5. The van der Waals surface area contributed by atoms with Crippen molar-refractivity contribution in [3.05, 3.63) is 23.7 Å².